The van der Waals surface area contributed by atoms with Gasteiger partial charge in [-0.2, -0.15) is 0 Å². The highest BCUT2D eigenvalue weighted by Crippen LogP contribution is 2.41. The number of thiocarbonyl (C=S) groups is 1. The first kappa shape index (κ1) is 25.6. The van der Waals surface area contributed by atoms with Crippen molar-refractivity contribution in [2.75, 3.05) is 11.9 Å². The molecule has 2 atom stereocenters. The molecule has 2 aromatic carbocycles. The zero-order chi connectivity index (χ0) is 26.8. The fraction of sp³-hybridized carbons (Fsp3) is 0.233. The first-order valence-corrected chi connectivity index (χ1v) is 13.0. The van der Waals surface area contributed by atoms with Crippen LogP contribution >= 0.6 is 12.2 Å². The summed E-state index contributed by atoms with van der Waals surface area (Å²) in [6.07, 6.45) is 2.05. The molecule has 0 spiro atoms. The Bertz CT molecular complexity index is 1450. The van der Waals surface area contributed by atoms with Crippen LogP contribution in [0.3, 0.4) is 0 Å². The number of carbonyl (C=O) groups is 1. The Kier molecular flexibility index (Phi) is 7.24. The van der Waals surface area contributed by atoms with Gasteiger partial charge in [-0.3, -0.25) is 9.78 Å². The van der Waals surface area contributed by atoms with Crippen molar-refractivity contribution < 1.29 is 9.18 Å². The number of benzene rings is 2. The van der Waals surface area contributed by atoms with E-state index in [0.29, 0.717) is 11.7 Å². The van der Waals surface area contributed by atoms with Crippen molar-refractivity contribution in [3.05, 3.63) is 113 Å². The van der Waals surface area contributed by atoms with E-state index in [9.17, 15) is 9.18 Å². The highest BCUT2D eigenvalue weighted by molar-refractivity contribution is 7.80. The van der Waals surface area contributed by atoms with Gasteiger partial charge in [0, 0.05) is 41.9 Å². The summed E-state index contributed by atoms with van der Waals surface area (Å²) in [5.74, 6) is -0.347. The Labute approximate surface area is 227 Å². The molecule has 1 fully saturated rings. The molecule has 8 heteroatoms. The monoisotopic (exact) mass is 527 g/mol. The summed E-state index contributed by atoms with van der Waals surface area (Å²) in [7, 11) is 0. The van der Waals surface area contributed by atoms with Crippen molar-refractivity contribution in [1.29, 1.82) is 0 Å². The second-order valence-corrected chi connectivity index (χ2v) is 10.0. The number of anilines is 1. The molecule has 3 heterocycles. The molecule has 6 nitrogen and oxygen atoms in total. The maximum Gasteiger partial charge on any atom is 0.226 e. The third-order valence-electron chi connectivity index (χ3n) is 6.99. The largest absolute Gasteiger partial charge is 0.352 e. The lowest BCUT2D eigenvalue weighted by Gasteiger charge is -2.28. The fourth-order valence-corrected chi connectivity index (χ4v) is 5.47. The van der Waals surface area contributed by atoms with Crippen LogP contribution in [0, 0.1) is 26.6 Å². The second-order valence-electron chi connectivity index (χ2n) is 9.62. The number of nitrogens with zero attached hydrogens (tertiary/aromatic N) is 3. The van der Waals surface area contributed by atoms with E-state index in [1.165, 1.54) is 12.1 Å². The SMILES string of the molecule is Cc1ccc(NC(=O)CCN2C(=S)N[C@@H](c3ccccn3)[C@@H]2c2cc(C)n(-c3ccc(F)cc3)c2C)cc1. The predicted molar refractivity (Wildman–Crippen MR) is 152 cm³/mol. The Morgan fingerprint density at radius 2 is 1.79 bits per heavy atom. The van der Waals surface area contributed by atoms with Gasteiger partial charge in [0.15, 0.2) is 5.11 Å². The smallest absolute Gasteiger partial charge is 0.226 e. The van der Waals surface area contributed by atoms with E-state index in [-0.39, 0.29) is 30.2 Å². The van der Waals surface area contributed by atoms with E-state index in [2.05, 4.69) is 38.1 Å². The molecule has 0 bridgehead atoms. The minimum absolute atomic E-state index is 0.0755. The zero-order valence-corrected chi connectivity index (χ0v) is 22.4. The molecule has 0 aliphatic carbocycles. The van der Waals surface area contributed by atoms with E-state index in [0.717, 1.165) is 39.6 Å². The molecule has 0 saturated carbocycles. The van der Waals surface area contributed by atoms with Gasteiger partial charge in [-0.05, 0) is 93.1 Å². The van der Waals surface area contributed by atoms with Gasteiger partial charge in [-0.15, -0.1) is 0 Å². The van der Waals surface area contributed by atoms with E-state index < -0.39 is 0 Å². The molecule has 0 radical (unpaired) electrons. The van der Waals surface area contributed by atoms with Crippen molar-refractivity contribution in [3.63, 3.8) is 0 Å². The quantitative estimate of drug-likeness (QED) is 0.292. The zero-order valence-electron chi connectivity index (χ0n) is 21.6. The molecule has 1 aliphatic rings. The average Bonchev–Trinajstić information content (AvgIpc) is 3.39. The van der Waals surface area contributed by atoms with Gasteiger partial charge in [-0.1, -0.05) is 23.8 Å². The lowest BCUT2D eigenvalue weighted by molar-refractivity contribution is -0.116. The average molecular weight is 528 g/mol. The molecule has 1 amide bonds. The van der Waals surface area contributed by atoms with Crippen LogP contribution in [0.15, 0.2) is 79.0 Å². The summed E-state index contributed by atoms with van der Waals surface area (Å²) in [6.45, 7) is 6.55. The topological polar surface area (TPSA) is 62.2 Å². The summed E-state index contributed by atoms with van der Waals surface area (Å²) < 4.78 is 15.7. The van der Waals surface area contributed by atoms with Crippen LogP contribution in [0.1, 0.15) is 46.7 Å². The number of hydrogen-bond donors (Lipinski definition) is 2. The lowest BCUT2D eigenvalue weighted by Crippen LogP contribution is -2.32. The maximum atomic E-state index is 13.6. The van der Waals surface area contributed by atoms with Gasteiger partial charge in [0.25, 0.3) is 0 Å². The molecule has 1 saturated heterocycles. The van der Waals surface area contributed by atoms with Crippen molar-refractivity contribution >= 4 is 28.9 Å². The number of aromatic nitrogens is 2. The van der Waals surface area contributed by atoms with Gasteiger partial charge >= 0.3 is 0 Å². The van der Waals surface area contributed by atoms with Crippen LogP contribution in [-0.2, 0) is 4.79 Å². The van der Waals surface area contributed by atoms with Crippen LogP contribution in [0.25, 0.3) is 5.69 Å². The molecule has 38 heavy (non-hydrogen) atoms. The lowest BCUT2D eigenvalue weighted by atomic mass is 9.96. The van der Waals surface area contributed by atoms with Gasteiger partial charge < -0.3 is 20.1 Å². The third-order valence-corrected chi connectivity index (χ3v) is 7.34. The Morgan fingerprint density at radius 3 is 2.47 bits per heavy atom. The first-order chi connectivity index (χ1) is 18.3. The Morgan fingerprint density at radius 1 is 1.05 bits per heavy atom. The van der Waals surface area contributed by atoms with Gasteiger partial charge in [0.1, 0.15) is 5.82 Å². The molecule has 2 N–H and O–H groups in total. The first-order valence-electron chi connectivity index (χ1n) is 12.6. The van der Waals surface area contributed by atoms with E-state index in [1.54, 1.807) is 18.3 Å². The van der Waals surface area contributed by atoms with E-state index in [1.807, 2.05) is 56.3 Å². The molecular weight excluding hydrogens is 497 g/mol. The van der Waals surface area contributed by atoms with Crippen molar-refractivity contribution in [2.24, 2.45) is 0 Å². The Balaban J connectivity index is 1.46. The number of hydrogen-bond acceptors (Lipinski definition) is 3. The highest BCUT2D eigenvalue weighted by atomic mass is 32.1. The molecule has 194 valence electrons. The molecule has 4 aromatic rings. The maximum absolute atomic E-state index is 13.6. The molecular formula is C30H30FN5OS. The second kappa shape index (κ2) is 10.8. The minimum Gasteiger partial charge on any atom is -0.352 e. The number of pyridine rings is 1. The van der Waals surface area contributed by atoms with E-state index in [4.69, 9.17) is 12.2 Å². The highest BCUT2D eigenvalue weighted by Gasteiger charge is 2.41. The molecule has 1 aliphatic heterocycles. The van der Waals surface area contributed by atoms with Crippen molar-refractivity contribution in [1.82, 2.24) is 19.8 Å². The van der Waals surface area contributed by atoms with Crippen LogP contribution in [-0.4, -0.2) is 32.0 Å². The minimum atomic E-state index is -0.271. The Hall–Kier alpha value is -4.04. The van der Waals surface area contributed by atoms with Crippen molar-refractivity contribution in [3.8, 4) is 5.69 Å². The normalized spacial score (nSPS) is 16.9. The van der Waals surface area contributed by atoms with Gasteiger partial charge in [-0.25, -0.2) is 4.39 Å². The standard InChI is InChI=1S/C30H30FN5OS/c1-19-7-11-23(12-8-19)33-27(37)15-17-35-29(28(34-30(35)38)26-6-4-5-16-32-26)25-18-20(2)36(21(25)3)24-13-9-22(31)10-14-24/h4-14,16,18,28-29H,15,17H2,1-3H3,(H,33,37)(H,34,38)/t28-,29-/m0/s1. The van der Waals surface area contributed by atoms with Gasteiger partial charge in [0.2, 0.25) is 5.91 Å². The number of rotatable bonds is 7. The van der Waals surface area contributed by atoms with Crippen LogP contribution in [0.5, 0.6) is 0 Å². The predicted octanol–water partition coefficient (Wildman–Crippen LogP) is 5.94. The number of halogens is 1. The van der Waals surface area contributed by atoms with Crippen LogP contribution in [0.2, 0.25) is 0 Å². The summed E-state index contributed by atoms with van der Waals surface area (Å²) in [5, 5.41) is 7.02. The van der Waals surface area contributed by atoms with Gasteiger partial charge in [0.05, 0.1) is 17.8 Å². The van der Waals surface area contributed by atoms with Crippen molar-refractivity contribution in [2.45, 2.75) is 39.3 Å². The molecule has 2 aromatic heterocycles. The molecule has 0 unspecified atom stereocenters. The summed E-state index contributed by atoms with van der Waals surface area (Å²) >= 11 is 5.79. The fourth-order valence-electron chi connectivity index (χ4n) is 5.14. The van der Waals surface area contributed by atoms with Crippen LogP contribution in [0.4, 0.5) is 10.1 Å². The number of aryl methyl sites for hydroxylation is 2. The molecule has 5 rings (SSSR count). The summed E-state index contributed by atoms with van der Waals surface area (Å²) in [5.41, 5.74) is 6.80. The number of amides is 1. The number of nitrogens with one attached hydrogen (secondary N) is 2. The summed E-state index contributed by atoms with van der Waals surface area (Å²) in [4.78, 5) is 19.5. The number of carbonyl (C=O) groups excluding carboxylic acids is 1. The van der Waals surface area contributed by atoms with E-state index >= 15 is 0 Å². The summed E-state index contributed by atoms with van der Waals surface area (Å²) in [6, 6.07) is 21.9. The van der Waals surface area contributed by atoms with Crippen LogP contribution < -0.4 is 10.6 Å². The third kappa shape index (κ3) is 5.17.